The van der Waals surface area contributed by atoms with E-state index in [0.717, 1.165) is 22.0 Å². The standard InChI is InChI=1S/C14H18N4S/c1-19-10-7-6-9(8-10)16-13-11-4-2-3-5-12(11)17-14(15)18-13/h2-5,9-10H,6-8H2,1H3,(H3,15,16,17,18). The number of nitrogen functional groups attached to an aromatic ring is 1. The third-order valence-corrected chi connectivity index (χ3v) is 4.77. The molecule has 3 N–H and O–H groups in total. The Bertz CT molecular complexity index is 587. The van der Waals surface area contributed by atoms with Gasteiger partial charge in [-0.3, -0.25) is 0 Å². The molecule has 1 aliphatic rings. The molecule has 0 saturated heterocycles. The highest BCUT2D eigenvalue weighted by Gasteiger charge is 2.24. The van der Waals surface area contributed by atoms with Crippen LogP contribution >= 0.6 is 11.8 Å². The maximum atomic E-state index is 5.79. The van der Waals surface area contributed by atoms with Crippen LogP contribution in [0.1, 0.15) is 19.3 Å². The number of para-hydroxylation sites is 1. The molecule has 100 valence electrons. The molecule has 2 aromatic rings. The number of nitrogens with two attached hydrogens (primary N) is 1. The molecule has 19 heavy (non-hydrogen) atoms. The zero-order chi connectivity index (χ0) is 13.2. The topological polar surface area (TPSA) is 63.8 Å². The lowest BCUT2D eigenvalue weighted by molar-refractivity contribution is 0.753. The molecule has 1 fully saturated rings. The van der Waals surface area contributed by atoms with Crippen LogP contribution in [0.25, 0.3) is 10.9 Å². The Hall–Kier alpha value is -1.49. The number of thioether (sulfide) groups is 1. The minimum atomic E-state index is 0.334. The molecule has 1 aromatic heterocycles. The predicted octanol–water partition coefficient (Wildman–Crippen LogP) is 2.91. The molecule has 0 spiro atoms. The maximum absolute atomic E-state index is 5.79. The molecule has 5 heteroatoms. The third kappa shape index (κ3) is 2.61. The minimum absolute atomic E-state index is 0.334. The quantitative estimate of drug-likeness (QED) is 0.901. The van der Waals surface area contributed by atoms with Crippen LogP contribution in [0.2, 0.25) is 0 Å². The van der Waals surface area contributed by atoms with Crippen LogP contribution in [0.5, 0.6) is 0 Å². The number of nitrogens with zero attached hydrogens (tertiary/aromatic N) is 2. The van der Waals surface area contributed by atoms with Crippen LogP contribution in [0.4, 0.5) is 11.8 Å². The first-order valence-corrected chi connectivity index (χ1v) is 7.86. The first-order valence-electron chi connectivity index (χ1n) is 6.58. The fourth-order valence-electron chi connectivity index (χ4n) is 2.68. The van der Waals surface area contributed by atoms with Gasteiger partial charge in [-0.1, -0.05) is 12.1 Å². The van der Waals surface area contributed by atoms with E-state index >= 15 is 0 Å². The average Bonchev–Trinajstić information content (AvgIpc) is 2.86. The van der Waals surface area contributed by atoms with Crippen molar-refractivity contribution in [2.75, 3.05) is 17.3 Å². The molecule has 1 aliphatic carbocycles. The second-order valence-electron chi connectivity index (χ2n) is 4.96. The second kappa shape index (κ2) is 5.25. The zero-order valence-corrected chi connectivity index (χ0v) is 11.8. The van der Waals surface area contributed by atoms with Crippen molar-refractivity contribution in [2.45, 2.75) is 30.6 Å². The highest BCUT2D eigenvalue weighted by Crippen LogP contribution is 2.31. The van der Waals surface area contributed by atoms with E-state index in [1.807, 2.05) is 36.0 Å². The van der Waals surface area contributed by atoms with Crippen LogP contribution in [0.3, 0.4) is 0 Å². The number of hydrogen-bond acceptors (Lipinski definition) is 5. The molecule has 1 saturated carbocycles. The Morgan fingerprint density at radius 3 is 2.89 bits per heavy atom. The fourth-order valence-corrected chi connectivity index (χ4v) is 3.48. The van der Waals surface area contributed by atoms with Crippen molar-refractivity contribution in [3.05, 3.63) is 24.3 Å². The summed E-state index contributed by atoms with van der Waals surface area (Å²) in [6.45, 7) is 0. The largest absolute Gasteiger partial charge is 0.368 e. The van der Waals surface area contributed by atoms with Gasteiger partial charge in [-0.25, -0.2) is 4.98 Å². The summed E-state index contributed by atoms with van der Waals surface area (Å²) in [7, 11) is 0. The predicted molar refractivity (Wildman–Crippen MR) is 82.5 cm³/mol. The number of fused-ring (bicyclic) bond motifs is 1. The van der Waals surface area contributed by atoms with Gasteiger partial charge in [0.25, 0.3) is 0 Å². The van der Waals surface area contributed by atoms with Gasteiger partial charge in [-0.2, -0.15) is 16.7 Å². The van der Waals surface area contributed by atoms with Crippen LogP contribution in [-0.2, 0) is 0 Å². The highest BCUT2D eigenvalue weighted by atomic mass is 32.2. The number of anilines is 2. The molecular weight excluding hydrogens is 256 g/mol. The Kier molecular flexibility index (Phi) is 3.46. The number of hydrogen-bond donors (Lipinski definition) is 2. The minimum Gasteiger partial charge on any atom is -0.368 e. The van der Waals surface area contributed by atoms with Crippen molar-refractivity contribution in [1.82, 2.24) is 9.97 Å². The third-order valence-electron chi connectivity index (χ3n) is 3.68. The average molecular weight is 274 g/mol. The Morgan fingerprint density at radius 2 is 2.11 bits per heavy atom. The zero-order valence-electron chi connectivity index (χ0n) is 11.0. The number of aromatic nitrogens is 2. The van der Waals surface area contributed by atoms with E-state index in [4.69, 9.17) is 5.73 Å². The van der Waals surface area contributed by atoms with Gasteiger partial charge in [0.2, 0.25) is 5.95 Å². The van der Waals surface area contributed by atoms with Gasteiger partial charge in [0.1, 0.15) is 5.82 Å². The van der Waals surface area contributed by atoms with E-state index in [0.29, 0.717) is 12.0 Å². The van der Waals surface area contributed by atoms with Gasteiger partial charge < -0.3 is 11.1 Å². The molecule has 1 heterocycles. The van der Waals surface area contributed by atoms with E-state index in [9.17, 15) is 0 Å². The summed E-state index contributed by atoms with van der Waals surface area (Å²) >= 11 is 1.96. The van der Waals surface area contributed by atoms with Gasteiger partial charge in [-0.15, -0.1) is 0 Å². The SMILES string of the molecule is CSC1CCC(Nc2nc(N)nc3ccccc23)C1. The van der Waals surface area contributed by atoms with Gasteiger partial charge >= 0.3 is 0 Å². The van der Waals surface area contributed by atoms with Gasteiger partial charge in [0.05, 0.1) is 5.52 Å². The van der Waals surface area contributed by atoms with E-state index < -0.39 is 0 Å². The molecule has 0 radical (unpaired) electrons. The monoisotopic (exact) mass is 274 g/mol. The molecule has 3 rings (SSSR count). The summed E-state index contributed by atoms with van der Waals surface area (Å²) in [5.74, 6) is 1.20. The molecule has 0 amide bonds. The number of rotatable bonds is 3. The van der Waals surface area contributed by atoms with Gasteiger partial charge in [-0.05, 0) is 37.7 Å². The summed E-state index contributed by atoms with van der Waals surface area (Å²) in [4.78, 5) is 8.63. The van der Waals surface area contributed by atoms with E-state index in [2.05, 4.69) is 21.5 Å². The van der Waals surface area contributed by atoms with Crippen molar-refractivity contribution >= 4 is 34.4 Å². The molecular formula is C14H18N4S. The second-order valence-corrected chi connectivity index (χ2v) is 6.10. The van der Waals surface area contributed by atoms with Crippen molar-refractivity contribution in [3.8, 4) is 0 Å². The van der Waals surface area contributed by atoms with Gasteiger partial charge in [0, 0.05) is 16.7 Å². The lowest BCUT2D eigenvalue weighted by Gasteiger charge is -2.15. The molecule has 4 nitrogen and oxygen atoms in total. The van der Waals surface area contributed by atoms with Crippen LogP contribution < -0.4 is 11.1 Å². The first kappa shape index (κ1) is 12.5. The molecule has 0 bridgehead atoms. The fraction of sp³-hybridized carbons (Fsp3) is 0.429. The highest BCUT2D eigenvalue weighted by molar-refractivity contribution is 7.99. The Balaban J connectivity index is 1.88. The number of benzene rings is 1. The summed E-state index contributed by atoms with van der Waals surface area (Å²) in [5, 5.41) is 5.36. The summed E-state index contributed by atoms with van der Waals surface area (Å²) in [6, 6.07) is 8.48. The van der Waals surface area contributed by atoms with Crippen molar-refractivity contribution < 1.29 is 0 Å². The van der Waals surface area contributed by atoms with Crippen LogP contribution in [0, 0.1) is 0 Å². The molecule has 2 unspecified atom stereocenters. The lowest BCUT2D eigenvalue weighted by Crippen LogP contribution is -2.17. The number of nitrogens with one attached hydrogen (secondary N) is 1. The molecule has 1 aromatic carbocycles. The molecule has 0 aliphatic heterocycles. The molecule has 2 atom stereocenters. The van der Waals surface area contributed by atoms with Crippen LogP contribution in [-0.4, -0.2) is 27.5 Å². The summed E-state index contributed by atoms with van der Waals surface area (Å²) in [6.07, 6.45) is 5.85. The van der Waals surface area contributed by atoms with E-state index in [1.165, 1.54) is 19.3 Å². The normalized spacial score (nSPS) is 22.8. The summed E-state index contributed by atoms with van der Waals surface area (Å²) < 4.78 is 0. The Labute approximate surface area is 117 Å². The van der Waals surface area contributed by atoms with Crippen molar-refractivity contribution in [2.24, 2.45) is 0 Å². The van der Waals surface area contributed by atoms with Crippen molar-refractivity contribution in [1.29, 1.82) is 0 Å². The van der Waals surface area contributed by atoms with Crippen molar-refractivity contribution in [3.63, 3.8) is 0 Å². The van der Waals surface area contributed by atoms with Crippen LogP contribution in [0.15, 0.2) is 24.3 Å². The lowest BCUT2D eigenvalue weighted by atomic mass is 10.2. The van der Waals surface area contributed by atoms with Gasteiger partial charge in [0.15, 0.2) is 0 Å². The smallest absolute Gasteiger partial charge is 0.222 e. The summed E-state index contributed by atoms with van der Waals surface area (Å²) in [5.41, 5.74) is 6.69. The van der Waals surface area contributed by atoms with E-state index in [-0.39, 0.29) is 0 Å². The maximum Gasteiger partial charge on any atom is 0.222 e. The Morgan fingerprint density at radius 1 is 1.26 bits per heavy atom. The van der Waals surface area contributed by atoms with E-state index in [1.54, 1.807) is 0 Å². The first-order chi connectivity index (χ1) is 9.26.